The maximum atomic E-state index is 13.5. The van der Waals surface area contributed by atoms with Crippen molar-refractivity contribution in [3.63, 3.8) is 0 Å². The van der Waals surface area contributed by atoms with Gasteiger partial charge in [-0.3, -0.25) is 4.39 Å². The van der Waals surface area contributed by atoms with E-state index in [2.05, 4.69) is 0 Å². The van der Waals surface area contributed by atoms with Gasteiger partial charge >= 0.3 is 0 Å². The Labute approximate surface area is 84.0 Å². The molecule has 0 aliphatic heterocycles. The summed E-state index contributed by atoms with van der Waals surface area (Å²) in [5.41, 5.74) is -0.264. The van der Waals surface area contributed by atoms with E-state index in [9.17, 15) is 8.78 Å². The van der Waals surface area contributed by atoms with Gasteiger partial charge in [-0.1, -0.05) is 30.3 Å². The van der Waals surface area contributed by atoms with E-state index in [-0.39, 0.29) is 6.42 Å². The maximum absolute atomic E-state index is 13.5. The summed E-state index contributed by atoms with van der Waals surface area (Å²) in [5.74, 6) is 0. The van der Waals surface area contributed by atoms with Crippen LogP contribution in [-0.2, 0) is 6.42 Å². The van der Waals surface area contributed by atoms with Gasteiger partial charge < -0.3 is 0 Å². The molecule has 14 heavy (non-hydrogen) atoms. The number of hydrogen-bond donors (Lipinski definition) is 0. The van der Waals surface area contributed by atoms with Crippen LogP contribution < -0.4 is 0 Å². The van der Waals surface area contributed by atoms with Crippen molar-refractivity contribution in [2.24, 2.45) is 0 Å². The molecule has 2 heteroatoms. The first-order valence-electron chi connectivity index (χ1n) is 4.93. The molecule has 1 unspecified atom stereocenters. The number of rotatable bonds is 5. The smallest absolute Gasteiger partial charge is 0.111 e. The van der Waals surface area contributed by atoms with Crippen LogP contribution in [0.25, 0.3) is 0 Å². The molecule has 0 saturated carbocycles. The van der Waals surface area contributed by atoms with Crippen molar-refractivity contribution >= 4 is 0 Å². The van der Waals surface area contributed by atoms with Gasteiger partial charge in [-0.25, -0.2) is 4.39 Å². The molecule has 0 aliphatic carbocycles. The quantitative estimate of drug-likeness (QED) is 0.676. The molecular weight excluding hydrogens is 182 g/mol. The molecule has 0 N–H and O–H groups in total. The van der Waals surface area contributed by atoms with Gasteiger partial charge in [-0.2, -0.15) is 0 Å². The fraction of sp³-hybridized carbons (Fsp3) is 0.500. The van der Waals surface area contributed by atoms with Crippen molar-refractivity contribution in [3.8, 4) is 0 Å². The normalized spacial score (nSPS) is 15.1. The zero-order valence-electron chi connectivity index (χ0n) is 8.47. The highest BCUT2D eigenvalue weighted by atomic mass is 19.1. The molecule has 0 amide bonds. The largest absolute Gasteiger partial charge is 0.251 e. The summed E-state index contributed by atoms with van der Waals surface area (Å²) in [6.07, 6.45) is 1.06. The van der Waals surface area contributed by atoms with Crippen LogP contribution in [0.3, 0.4) is 0 Å². The summed E-state index contributed by atoms with van der Waals surface area (Å²) in [7, 11) is 0. The highest BCUT2D eigenvalue weighted by Crippen LogP contribution is 2.22. The summed E-state index contributed by atoms with van der Waals surface area (Å²) in [4.78, 5) is 0. The number of hydrogen-bond acceptors (Lipinski definition) is 0. The van der Waals surface area contributed by atoms with Crippen LogP contribution in [0.2, 0.25) is 0 Å². The Morgan fingerprint density at radius 2 is 1.79 bits per heavy atom. The molecule has 1 atom stereocenters. The maximum Gasteiger partial charge on any atom is 0.111 e. The molecular formula is C12H16F2. The van der Waals surface area contributed by atoms with E-state index in [1.807, 2.05) is 30.3 Å². The first-order valence-corrected chi connectivity index (χ1v) is 4.93. The van der Waals surface area contributed by atoms with E-state index < -0.39 is 12.3 Å². The van der Waals surface area contributed by atoms with Crippen molar-refractivity contribution in [2.75, 3.05) is 6.67 Å². The van der Waals surface area contributed by atoms with Crippen molar-refractivity contribution in [1.82, 2.24) is 0 Å². The predicted octanol–water partition coefficient (Wildman–Crippen LogP) is 3.71. The molecule has 0 bridgehead atoms. The molecule has 0 aliphatic rings. The Morgan fingerprint density at radius 1 is 1.14 bits per heavy atom. The lowest BCUT2D eigenvalue weighted by atomic mass is 9.96. The average Bonchev–Trinajstić information content (AvgIpc) is 2.17. The van der Waals surface area contributed by atoms with E-state index in [0.717, 1.165) is 5.56 Å². The van der Waals surface area contributed by atoms with Crippen LogP contribution >= 0.6 is 0 Å². The number of benzene rings is 1. The van der Waals surface area contributed by atoms with E-state index in [0.29, 0.717) is 12.8 Å². The van der Waals surface area contributed by atoms with Gasteiger partial charge in [0.15, 0.2) is 0 Å². The molecule has 0 saturated heterocycles. The second-order valence-electron chi connectivity index (χ2n) is 3.84. The number of aryl methyl sites for hydroxylation is 1. The van der Waals surface area contributed by atoms with Gasteiger partial charge in [0.2, 0.25) is 0 Å². The molecule has 0 nitrogen and oxygen atoms in total. The first kappa shape index (κ1) is 11.2. The Hall–Kier alpha value is -0.920. The van der Waals surface area contributed by atoms with Gasteiger partial charge in [0.25, 0.3) is 0 Å². The van der Waals surface area contributed by atoms with Crippen LogP contribution in [0, 0.1) is 0 Å². The standard InChI is InChI=1S/C12H16F2/c1-12(14,9-10-13)8-7-11-5-3-2-4-6-11/h2-6H,7-10H2,1H3. The second kappa shape index (κ2) is 5.08. The van der Waals surface area contributed by atoms with Gasteiger partial charge in [0.05, 0.1) is 6.67 Å². The van der Waals surface area contributed by atoms with Gasteiger partial charge in [-0.15, -0.1) is 0 Å². The third kappa shape index (κ3) is 3.86. The van der Waals surface area contributed by atoms with Crippen LogP contribution in [0.1, 0.15) is 25.3 Å². The van der Waals surface area contributed by atoms with Crippen LogP contribution in [-0.4, -0.2) is 12.3 Å². The van der Waals surface area contributed by atoms with E-state index in [4.69, 9.17) is 0 Å². The second-order valence-corrected chi connectivity index (χ2v) is 3.84. The monoisotopic (exact) mass is 198 g/mol. The highest BCUT2D eigenvalue weighted by Gasteiger charge is 2.22. The zero-order chi connectivity index (χ0) is 10.4. The van der Waals surface area contributed by atoms with Crippen molar-refractivity contribution in [2.45, 2.75) is 31.9 Å². The molecule has 1 rings (SSSR count). The van der Waals surface area contributed by atoms with Crippen molar-refractivity contribution < 1.29 is 8.78 Å². The van der Waals surface area contributed by atoms with Crippen molar-refractivity contribution in [1.29, 1.82) is 0 Å². The molecule has 0 radical (unpaired) electrons. The zero-order valence-corrected chi connectivity index (χ0v) is 8.47. The minimum absolute atomic E-state index is 0.000165. The topological polar surface area (TPSA) is 0 Å². The molecule has 0 heterocycles. The van der Waals surface area contributed by atoms with Crippen LogP contribution in [0.15, 0.2) is 30.3 Å². The Morgan fingerprint density at radius 3 is 2.36 bits per heavy atom. The van der Waals surface area contributed by atoms with Crippen molar-refractivity contribution in [3.05, 3.63) is 35.9 Å². The lowest BCUT2D eigenvalue weighted by Crippen LogP contribution is -2.19. The van der Waals surface area contributed by atoms with E-state index in [1.165, 1.54) is 6.92 Å². The number of halogens is 2. The molecule has 1 aromatic carbocycles. The molecule has 1 aromatic rings. The Balaban J connectivity index is 2.40. The molecule has 0 fully saturated rings. The average molecular weight is 198 g/mol. The van der Waals surface area contributed by atoms with Gasteiger partial charge in [0.1, 0.15) is 5.67 Å². The first-order chi connectivity index (χ1) is 6.64. The Bertz CT molecular complexity index is 254. The highest BCUT2D eigenvalue weighted by molar-refractivity contribution is 5.14. The molecule has 78 valence electrons. The fourth-order valence-corrected chi connectivity index (χ4v) is 1.37. The summed E-state index contributed by atoms with van der Waals surface area (Å²) in [6, 6.07) is 9.72. The SMILES string of the molecule is CC(F)(CCF)CCc1ccccc1. The van der Waals surface area contributed by atoms with Gasteiger partial charge in [-0.05, 0) is 25.3 Å². The van der Waals surface area contributed by atoms with E-state index >= 15 is 0 Å². The van der Waals surface area contributed by atoms with Crippen LogP contribution in [0.4, 0.5) is 8.78 Å². The predicted molar refractivity (Wildman–Crippen MR) is 54.9 cm³/mol. The van der Waals surface area contributed by atoms with Gasteiger partial charge in [0, 0.05) is 6.42 Å². The lowest BCUT2D eigenvalue weighted by Gasteiger charge is -2.18. The third-order valence-electron chi connectivity index (χ3n) is 2.39. The lowest BCUT2D eigenvalue weighted by molar-refractivity contribution is 0.148. The fourth-order valence-electron chi connectivity index (χ4n) is 1.37. The summed E-state index contributed by atoms with van der Waals surface area (Å²) in [5, 5.41) is 0. The molecule has 0 aromatic heterocycles. The van der Waals surface area contributed by atoms with Crippen LogP contribution in [0.5, 0.6) is 0 Å². The summed E-state index contributed by atoms with van der Waals surface area (Å²) in [6.45, 7) is 0.886. The summed E-state index contributed by atoms with van der Waals surface area (Å²) < 4.78 is 25.5. The number of alkyl halides is 2. The Kier molecular flexibility index (Phi) is 4.05. The third-order valence-corrected chi connectivity index (χ3v) is 2.39. The minimum atomic E-state index is -1.37. The van der Waals surface area contributed by atoms with E-state index in [1.54, 1.807) is 0 Å². The summed E-state index contributed by atoms with van der Waals surface area (Å²) >= 11 is 0. The molecule has 0 spiro atoms. The minimum Gasteiger partial charge on any atom is -0.251 e.